The quantitative estimate of drug-likeness (QED) is 0.701. The van der Waals surface area contributed by atoms with Crippen LogP contribution in [0.4, 0.5) is 13.2 Å². The van der Waals surface area contributed by atoms with Crippen molar-refractivity contribution in [2.75, 3.05) is 13.1 Å². The summed E-state index contributed by atoms with van der Waals surface area (Å²) in [7, 11) is 0. The molecule has 0 bridgehead atoms. The highest BCUT2D eigenvalue weighted by molar-refractivity contribution is 5.53. The number of rotatable bonds is 4. The number of alkyl halides is 3. The predicted octanol–water partition coefficient (Wildman–Crippen LogP) is 3.19. The van der Waals surface area contributed by atoms with Crippen LogP contribution in [0.3, 0.4) is 0 Å². The van der Waals surface area contributed by atoms with E-state index in [-0.39, 0.29) is 0 Å². The van der Waals surface area contributed by atoms with Crippen molar-refractivity contribution in [1.82, 2.24) is 25.3 Å². The molecule has 1 aliphatic heterocycles. The molecule has 0 amide bonds. The number of hydrogen-bond acceptors (Lipinski definition) is 7. The van der Waals surface area contributed by atoms with Crippen LogP contribution in [0.15, 0.2) is 53.6 Å². The van der Waals surface area contributed by atoms with Crippen molar-refractivity contribution < 1.29 is 17.7 Å². The zero-order valence-corrected chi connectivity index (χ0v) is 15.7. The van der Waals surface area contributed by atoms with Gasteiger partial charge in [0.2, 0.25) is 12.2 Å². The molecule has 1 saturated heterocycles. The zero-order chi connectivity index (χ0) is 21.1. The first-order chi connectivity index (χ1) is 14.5. The second-order valence-corrected chi connectivity index (χ2v) is 6.93. The lowest BCUT2D eigenvalue weighted by Crippen LogP contribution is -2.52. The fraction of sp³-hybridized carbons (Fsp3) is 0.300. The summed E-state index contributed by atoms with van der Waals surface area (Å²) in [4.78, 5) is 10.2. The standard InChI is InChI=1S/C20H17F3N6O/c21-20(22,23)16-3-1-14(2-4-16)18-17(8-24)29(6-5-26-18)11-13-7-15(10-25-9-13)19-27-12-30-28-19/h1-4,7,9-10,12,17-18,26H,5-6,11H2. The second kappa shape index (κ2) is 8.22. The fourth-order valence-corrected chi connectivity index (χ4v) is 3.57. The van der Waals surface area contributed by atoms with Gasteiger partial charge in [-0.15, -0.1) is 0 Å². The fourth-order valence-electron chi connectivity index (χ4n) is 3.57. The largest absolute Gasteiger partial charge is 0.416 e. The summed E-state index contributed by atoms with van der Waals surface area (Å²) in [6.07, 6.45) is 0.167. The van der Waals surface area contributed by atoms with Crippen LogP contribution in [-0.2, 0) is 12.7 Å². The second-order valence-electron chi connectivity index (χ2n) is 6.93. The number of nitrogens with one attached hydrogen (secondary N) is 1. The van der Waals surface area contributed by atoms with Crippen LogP contribution >= 0.6 is 0 Å². The molecule has 2 atom stereocenters. The lowest BCUT2D eigenvalue weighted by atomic mass is 9.95. The number of pyridine rings is 1. The Morgan fingerprint density at radius 3 is 2.70 bits per heavy atom. The Morgan fingerprint density at radius 1 is 1.23 bits per heavy atom. The molecule has 1 aliphatic rings. The van der Waals surface area contributed by atoms with Gasteiger partial charge in [-0.05, 0) is 29.3 Å². The number of nitriles is 1. The summed E-state index contributed by atoms with van der Waals surface area (Å²) in [5.74, 6) is 0.420. The molecule has 2 unspecified atom stereocenters. The summed E-state index contributed by atoms with van der Waals surface area (Å²) >= 11 is 0. The topological polar surface area (TPSA) is 90.9 Å². The minimum absolute atomic E-state index is 0.403. The number of benzene rings is 1. The van der Waals surface area contributed by atoms with Gasteiger partial charge in [-0.2, -0.15) is 23.4 Å². The van der Waals surface area contributed by atoms with Gasteiger partial charge in [-0.25, -0.2) is 0 Å². The highest BCUT2D eigenvalue weighted by Crippen LogP contribution is 2.31. The van der Waals surface area contributed by atoms with E-state index in [1.807, 2.05) is 11.0 Å². The average Bonchev–Trinajstić information content (AvgIpc) is 3.28. The van der Waals surface area contributed by atoms with Crippen LogP contribution in [0, 0.1) is 11.3 Å². The minimum Gasteiger partial charge on any atom is -0.342 e. The lowest BCUT2D eigenvalue weighted by molar-refractivity contribution is -0.137. The van der Waals surface area contributed by atoms with E-state index < -0.39 is 23.8 Å². The molecule has 2 aromatic heterocycles. The summed E-state index contributed by atoms with van der Waals surface area (Å²) < 4.78 is 43.3. The molecule has 1 aromatic carbocycles. The van der Waals surface area contributed by atoms with Crippen LogP contribution < -0.4 is 5.32 Å². The maximum absolute atomic E-state index is 12.8. The van der Waals surface area contributed by atoms with E-state index in [0.717, 1.165) is 17.7 Å². The summed E-state index contributed by atoms with van der Waals surface area (Å²) in [6, 6.07) is 8.15. The van der Waals surface area contributed by atoms with Crippen molar-refractivity contribution in [2.24, 2.45) is 0 Å². The van der Waals surface area contributed by atoms with Gasteiger partial charge < -0.3 is 9.84 Å². The Labute approximate surface area is 170 Å². The third-order valence-corrected chi connectivity index (χ3v) is 5.00. The Hall–Kier alpha value is -3.29. The molecule has 1 fully saturated rings. The molecule has 1 N–H and O–H groups in total. The van der Waals surface area contributed by atoms with Crippen molar-refractivity contribution in [1.29, 1.82) is 5.26 Å². The SMILES string of the molecule is N#CC1C(c2ccc(C(F)(F)F)cc2)NCCN1Cc1cncc(-c2ncon2)c1. The van der Waals surface area contributed by atoms with Gasteiger partial charge in [-0.1, -0.05) is 17.3 Å². The van der Waals surface area contributed by atoms with Crippen molar-refractivity contribution in [3.05, 3.63) is 65.8 Å². The minimum atomic E-state index is -4.39. The number of halogens is 3. The van der Waals surface area contributed by atoms with E-state index in [9.17, 15) is 18.4 Å². The van der Waals surface area contributed by atoms with Crippen LogP contribution in [0.1, 0.15) is 22.7 Å². The first-order valence-corrected chi connectivity index (χ1v) is 9.20. The van der Waals surface area contributed by atoms with Gasteiger partial charge in [0, 0.05) is 37.6 Å². The summed E-state index contributed by atoms with van der Waals surface area (Å²) in [5.41, 5.74) is 1.49. The third kappa shape index (κ3) is 4.17. The summed E-state index contributed by atoms with van der Waals surface area (Å²) in [6.45, 7) is 1.67. The molecule has 3 aromatic rings. The van der Waals surface area contributed by atoms with Crippen LogP contribution in [0.25, 0.3) is 11.4 Å². The van der Waals surface area contributed by atoms with Gasteiger partial charge >= 0.3 is 6.18 Å². The number of hydrogen-bond donors (Lipinski definition) is 1. The van der Waals surface area contributed by atoms with Gasteiger partial charge in [0.15, 0.2) is 0 Å². The first-order valence-electron chi connectivity index (χ1n) is 9.20. The molecule has 3 heterocycles. The molecule has 10 heteroatoms. The average molecular weight is 414 g/mol. The Balaban J connectivity index is 1.54. The molecule has 7 nitrogen and oxygen atoms in total. The van der Waals surface area contributed by atoms with Crippen molar-refractivity contribution >= 4 is 0 Å². The molecular weight excluding hydrogens is 397 g/mol. The maximum atomic E-state index is 12.8. The summed E-state index contributed by atoms with van der Waals surface area (Å²) in [5, 5.41) is 16.9. The Morgan fingerprint density at radius 2 is 2.03 bits per heavy atom. The molecule has 30 heavy (non-hydrogen) atoms. The van der Waals surface area contributed by atoms with Crippen molar-refractivity contribution in [2.45, 2.75) is 24.8 Å². The number of nitrogens with zero attached hydrogens (tertiary/aromatic N) is 5. The van der Waals surface area contributed by atoms with Crippen molar-refractivity contribution in [3.63, 3.8) is 0 Å². The lowest BCUT2D eigenvalue weighted by Gasteiger charge is -2.38. The highest BCUT2D eigenvalue weighted by Gasteiger charge is 2.34. The van der Waals surface area contributed by atoms with E-state index in [1.165, 1.54) is 18.5 Å². The third-order valence-electron chi connectivity index (χ3n) is 5.00. The number of aromatic nitrogens is 3. The molecular formula is C20H17F3N6O. The predicted molar refractivity (Wildman–Crippen MR) is 99.5 cm³/mol. The molecule has 154 valence electrons. The van der Waals surface area contributed by atoms with Crippen LogP contribution in [0.5, 0.6) is 0 Å². The molecule has 0 saturated carbocycles. The van der Waals surface area contributed by atoms with Gasteiger partial charge in [0.05, 0.1) is 17.7 Å². The Kier molecular flexibility index (Phi) is 5.48. The van der Waals surface area contributed by atoms with Gasteiger partial charge in [-0.3, -0.25) is 9.88 Å². The van der Waals surface area contributed by atoms with E-state index in [4.69, 9.17) is 4.52 Å². The van der Waals surface area contributed by atoms with E-state index in [1.54, 1.807) is 12.4 Å². The number of piperazine rings is 1. The molecule has 0 aliphatic carbocycles. The first kappa shape index (κ1) is 20.0. The van der Waals surface area contributed by atoms with Gasteiger partial charge in [0.1, 0.15) is 6.04 Å². The maximum Gasteiger partial charge on any atom is 0.416 e. The smallest absolute Gasteiger partial charge is 0.342 e. The van der Waals surface area contributed by atoms with E-state index in [0.29, 0.717) is 36.6 Å². The van der Waals surface area contributed by atoms with E-state index >= 15 is 0 Å². The zero-order valence-electron chi connectivity index (χ0n) is 15.7. The molecule has 0 spiro atoms. The molecule has 4 rings (SSSR count). The highest BCUT2D eigenvalue weighted by atomic mass is 19.4. The van der Waals surface area contributed by atoms with Crippen LogP contribution in [-0.4, -0.2) is 39.2 Å². The van der Waals surface area contributed by atoms with Gasteiger partial charge in [0.25, 0.3) is 0 Å². The van der Waals surface area contributed by atoms with Crippen molar-refractivity contribution in [3.8, 4) is 17.5 Å². The van der Waals surface area contributed by atoms with E-state index in [2.05, 4.69) is 26.5 Å². The van der Waals surface area contributed by atoms with Crippen LogP contribution in [0.2, 0.25) is 0 Å². The Bertz CT molecular complexity index is 1030. The monoisotopic (exact) mass is 414 g/mol. The normalized spacial score (nSPS) is 20.1. The molecule has 0 radical (unpaired) electrons.